The molecule has 0 fully saturated rings. The Hall–Kier alpha value is -1.03. The maximum atomic E-state index is 9.24. The Morgan fingerprint density at radius 2 is 1.89 bits per heavy atom. The molecule has 0 unspecified atom stereocenters. The summed E-state index contributed by atoms with van der Waals surface area (Å²) in [5.74, 6) is 0. The number of benzene rings is 2. The molecule has 18 heavy (non-hydrogen) atoms. The van der Waals surface area contributed by atoms with Crippen LogP contribution in [-0.4, -0.2) is 5.11 Å². The first-order valence-electron chi connectivity index (χ1n) is 5.57. The van der Waals surface area contributed by atoms with Crippen LogP contribution in [0.1, 0.15) is 11.1 Å². The van der Waals surface area contributed by atoms with Gasteiger partial charge in [0.1, 0.15) is 0 Å². The number of aliphatic hydroxyl groups excluding tert-OH is 1. The summed E-state index contributed by atoms with van der Waals surface area (Å²) < 4.78 is 0.999. The topological polar surface area (TPSA) is 32.3 Å². The van der Waals surface area contributed by atoms with Gasteiger partial charge in [-0.15, -0.1) is 0 Å². The maximum absolute atomic E-state index is 9.24. The fourth-order valence-electron chi connectivity index (χ4n) is 1.70. The third kappa shape index (κ3) is 3.25. The molecule has 0 saturated heterocycles. The van der Waals surface area contributed by atoms with Crippen molar-refractivity contribution in [3.63, 3.8) is 0 Å². The lowest BCUT2D eigenvalue weighted by Gasteiger charge is -2.11. The Balaban J connectivity index is 2.14. The van der Waals surface area contributed by atoms with Crippen molar-refractivity contribution in [3.05, 3.63) is 63.1 Å². The highest BCUT2D eigenvalue weighted by molar-refractivity contribution is 9.10. The number of anilines is 1. The first kappa shape index (κ1) is 13.4. The summed E-state index contributed by atoms with van der Waals surface area (Å²) in [5.41, 5.74) is 2.82. The fraction of sp³-hybridized carbons (Fsp3) is 0.143. The summed E-state index contributed by atoms with van der Waals surface area (Å²) in [5, 5.41) is 13.3. The molecule has 94 valence electrons. The van der Waals surface area contributed by atoms with Crippen molar-refractivity contribution in [2.45, 2.75) is 13.2 Å². The van der Waals surface area contributed by atoms with E-state index < -0.39 is 0 Å². The minimum absolute atomic E-state index is 0.0232. The quantitative estimate of drug-likeness (QED) is 0.882. The molecular formula is C14H13BrClNO. The van der Waals surface area contributed by atoms with Crippen molar-refractivity contribution in [1.29, 1.82) is 0 Å². The van der Waals surface area contributed by atoms with Crippen LogP contribution in [-0.2, 0) is 13.2 Å². The van der Waals surface area contributed by atoms with Crippen LogP contribution >= 0.6 is 27.5 Å². The summed E-state index contributed by atoms with van der Waals surface area (Å²) in [6.07, 6.45) is 0. The average molecular weight is 327 g/mol. The second-order valence-corrected chi connectivity index (χ2v) is 5.23. The van der Waals surface area contributed by atoms with E-state index in [-0.39, 0.29) is 6.61 Å². The zero-order valence-electron chi connectivity index (χ0n) is 9.66. The van der Waals surface area contributed by atoms with E-state index in [0.29, 0.717) is 6.54 Å². The van der Waals surface area contributed by atoms with Crippen molar-refractivity contribution < 1.29 is 5.11 Å². The van der Waals surface area contributed by atoms with Crippen LogP contribution in [0.2, 0.25) is 5.02 Å². The molecule has 0 heterocycles. The van der Waals surface area contributed by atoms with Gasteiger partial charge in [0.15, 0.2) is 0 Å². The average Bonchev–Trinajstić information content (AvgIpc) is 2.40. The number of hydrogen-bond acceptors (Lipinski definition) is 2. The van der Waals surface area contributed by atoms with Gasteiger partial charge in [-0.05, 0) is 29.8 Å². The molecule has 0 aliphatic rings. The minimum Gasteiger partial charge on any atom is -0.392 e. The van der Waals surface area contributed by atoms with E-state index in [2.05, 4.69) is 21.2 Å². The van der Waals surface area contributed by atoms with Crippen molar-refractivity contribution in [2.24, 2.45) is 0 Å². The first-order chi connectivity index (χ1) is 8.70. The maximum Gasteiger partial charge on any atom is 0.0701 e. The highest BCUT2D eigenvalue weighted by atomic mass is 79.9. The van der Waals surface area contributed by atoms with Gasteiger partial charge in [-0.1, -0.05) is 45.7 Å². The van der Waals surface area contributed by atoms with Gasteiger partial charge < -0.3 is 10.4 Å². The molecule has 0 saturated carbocycles. The normalized spacial score (nSPS) is 10.4. The van der Waals surface area contributed by atoms with Gasteiger partial charge >= 0.3 is 0 Å². The molecule has 0 radical (unpaired) electrons. The molecule has 2 aromatic carbocycles. The first-order valence-corrected chi connectivity index (χ1v) is 6.74. The number of aliphatic hydroxyl groups is 1. The number of halogens is 2. The van der Waals surface area contributed by atoms with Gasteiger partial charge in [0.25, 0.3) is 0 Å². The molecular weight excluding hydrogens is 314 g/mol. The molecule has 0 aromatic heterocycles. The lowest BCUT2D eigenvalue weighted by atomic mass is 10.1. The van der Waals surface area contributed by atoms with E-state index in [1.165, 1.54) is 0 Å². The second kappa shape index (κ2) is 6.23. The molecule has 0 spiro atoms. The van der Waals surface area contributed by atoms with Crippen molar-refractivity contribution >= 4 is 33.2 Å². The molecule has 0 atom stereocenters. The van der Waals surface area contributed by atoms with Crippen LogP contribution < -0.4 is 5.32 Å². The number of nitrogens with one attached hydrogen (secondary N) is 1. The predicted molar refractivity (Wildman–Crippen MR) is 78.8 cm³/mol. The monoisotopic (exact) mass is 325 g/mol. The molecule has 0 aliphatic heterocycles. The van der Waals surface area contributed by atoms with Crippen molar-refractivity contribution in [1.82, 2.24) is 0 Å². The summed E-state index contributed by atoms with van der Waals surface area (Å²) in [6.45, 7) is 0.644. The van der Waals surface area contributed by atoms with E-state index in [1.807, 2.05) is 42.5 Å². The van der Waals surface area contributed by atoms with E-state index in [9.17, 15) is 5.11 Å². The van der Waals surface area contributed by atoms with E-state index in [1.54, 1.807) is 0 Å². The van der Waals surface area contributed by atoms with E-state index >= 15 is 0 Å². The Bertz CT molecular complexity index is 545. The standard InChI is InChI=1S/C14H13BrClNO/c15-12-5-6-13(16)11(7-12)8-17-14-4-2-1-3-10(14)9-18/h1-7,17-18H,8-9H2. The van der Waals surface area contributed by atoms with Crippen molar-refractivity contribution in [3.8, 4) is 0 Å². The van der Waals surface area contributed by atoms with Gasteiger partial charge in [0.05, 0.1) is 6.61 Å². The Labute approximate surface area is 120 Å². The highest BCUT2D eigenvalue weighted by Crippen LogP contribution is 2.23. The zero-order chi connectivity index (χ0) is 13.0. The van der Waals surface area contributed by atoms with E-state index in [4.69, 9.17) is 11.6 Å². The summed E-state index contributed by atoms with van der Waals surface area (Å²) in [6, 6.07) is 13.4. The Morgan fingerprint density at radius 1 is 1.11 bits per heavy atom. The molecule has 2 N–H and O–H groups in total. The molecule has 4 heteroatoms. The summed E-state index contributed by atoms with van der Waals surface area (Å²) in [7, 11) is 0. The number of rotatable bonds is 4. The summed E-state index contributed by atoms with van der Waals surface area (Å²) in [4.78, 5) is 0. The smallest absolute Gasteiger partial charge is 0.0701 e. The third-order valence-electron chi connectivity index (χ3n) is 2.66. The molecule has 0 aliphatic carbocycles. The van der Waals surface area contributed by atoms with Gasteiger partial charge in [-0.3, -0.25) is 0 Å². The molecule has 2 aromatic rings. The lowest BCUT2D eigenvalue weighted by Crippen LogP contribution is -2.03. The predicted octanol–water partition coefficient (Wildman–Crippen LogP) is 4.21. The molecule has 2 nitrogen and oxygen atoms in total. The van der Waals surface area contributed by atoms with Crippen LogP contribution in [0.5, 0.6) is 0 Å². The van der Waals surface area contributed by atoms with Crippen molar-refractivity contribution in [2.75, 3.05) is 5.32 Å². The number of para-hydroxylation sites is 1. The largest absolute Gasteiger partial charge is 0.392 e. The van der Waals surface area contributed by atoms with E-state index in [0.717, 1.165) is 26.3 Å². The second-order valence-electron chi connectivity index (χ2n) is 3.90. The molecule has 0 bridgehead atoms. The molecule has 2 rings (SSSR count). The summed E-state index contributed by atoms with van der Waals surface area (Å²) >= 11 is 9.55. The zero-order valence-corrected chi connectivity index (χ0v) is 12.0. The Morgan fingerprint density at radius 3 is 2.67 bits per heavy atom. The van der Waals surface area contributed by atoms with Crippen LogP contribution in [0.3, 0.4) is 0 Å². The Kier molecular flexibility index (Phi) is 4.64. The lowest BCUT2D eigenvalue weighted by molar-refractivity contribution is 0.282. The highest BCUT2D eigenvalue weighted by Gasteiger charge is 2.03. The van der Waals surface area contributed by atoms with Gasteiger partial charge in [-0.2, -0.15) is 0 Å². The number of hydrogen-bond donors (Lipinski definition) is 2. The third-order valence-corrected chi connectivity index (χ3v) is 3.53. The molecule has 0 amide bonds. The van der Waals surface area contributed by atoms with Crippen LogP contribution in [0.4, 0.5) is 5.69 Å². The minimum atomic E-state index is 0.0232. The van der Waals surface area contributed by atoms with Gasteiger partial charge in [0, 0.05) is 27.3 Å². The van der Waals surface area contributed by atoms with Crippen LogP contribution in [0, 0.1) is 0 Å². The van der Waals surface area contributed by atoms with Crippen LogP contribution in [0.25, 0.3) is 0 Å². The fourth-order valence-corrected chi connectivity index (χ4v) is 2.29. The van der Waals surface area contributed by atoms with Crippen LogP contribution in [0.15, 0.2) is 46.9 Å². The van der Waals surface area contributed by atoms with Gasteiger partial charge in [0.2, 0.25) is 0 Å². The van der Waals surface area contributed by atoms with Gasteiger partial charge in [-0.25, -0.2) is 0 Å². The SMILES string of the molecule is OCc1ccccc1NCc1cc(Br)ccc1Cl.